The standard InChI is InChI=1S/C24H30N2O5S/c1-26(32(2,28)29)18-10-12-19(13-11-18)30-17-23(27)25-21-16-24(14-6-3-7-15-24)31-22-9-5-4-8-20(21)22/h4-5,8-13,21H,3,6-7,14-17H2,1-2H3,(H,25,27)/t21-/m1/s1. The van der Waals surface area contributed by atoms with Crippen molar-refractivity contribution >= 4 is 21.6 Å². The number of hydrogen-bond acceptors (Lipinski definition) is 5. The van der Waals surface area contributed by atoms with Crippen molar-refractivity contribution in [2.24, 2.45) is 0 Å². The van der Waals surface area contributed by atoms with E-state index in [9.17, 15) is 13.2 Å². The van der Waals surface area contributed by atoms with Crippen LogP contribution in [-0.2, 0) is 14.8 Å². The Morgan fingerprint density at radius 1 is 1.12 bits per heavy atom. The summed E-state index contributed by atoms with van der Waals surface area (Å²) in [6.45, 7) is -0.117. The van der Waals surface area contributed by atoms with Gasteiger partial charge in [0.25, 0.3) is 5.91 Å². The molecule has 1 atom stereocenters. The van der Waals surface area contributed by atoms with Crippen molar-refractivity contribution in [1.29, 1.82) is 0 Å². The molecular formula is C24H30N2O5S. The fraction of sp³-hybridized carbons (Fsp3) is 0.458. The van der Waals surface area contributed by atoms with E-state index in [0.717, 1.165) is 49.7 Å². The van der Waals surface area contributed by atoms with Gasteiger partial charge in [-0.3, -0.25) is 9.10 Å². The molecule has 2 aliphatic rings. The largest absolute Gasteiger partial charge is 0.487 e. The van der Waals surface area contributed by atoms with Crippen molar-refractivity contribution in [2.45, 2.75) is 50.2 Å². The van der Waals surface area contributed by atoms with E-state index in [1.54, 1.807) is 24.3 Å². The summed E-state index contributed by atoms with van der Waals surface area (Å²) in [7, 11) is -1.84. The van der Waals surface area contributed by atoms with Crippen molar-refractivity contribution in [3.05, 3.63) is 54.1 Å². The number of amides is 1. The van der Waals surface area contributed by atoms with E-state index in [2.05, 4.69) is 5.32 Å². The number of benzene rings is 2. The van der Waals surface area contributed by atoms with Crippen molar-refractivity contribution < 1.29 is 22.7 Å². The number of rotatable bonds is 6. The van der Waals surface area contributed by atoms with Crippen LogP contribution in [-0.4, -0.2) is 39.8 Å². The summed E-state index contributed by atoms with van der Waals surface area (Å²) in [6.07, 6.45) is 7.47. The molecule has 0 saturated heterocycles. The van der Waals surface area contributed by atoms with Crippen LogP contribution in [0, 0.1) is 0 Å². The fourth-order valence-electron chi connectivity index (χ4n) is 4.58. The average Bonchev–Trinajstić information content (AvgIpc) is 2.77. The lowest BCUT2D eigenvalue weighted by Gasteiger charge is -2.44. The number of nitrogens with zero attached hydrogens (tertiary/aromatic N) is 1. The first kappa shape index (κ1) is 22.5. The Kier molecular flexibility index (Phi) is 6.33. The molecule has 32 heavy (non-hydrogen) atoms. The fourth-order valence-corrected chi connectivity index (χ4v) is 5.08. The van der Waals surface area contributed by atoms with Crippen LogP contribution in [0.25, 0.3) is 0 Å². The molecule has 1 aliphatic carbocycles. The third kappa shape index (κ3) is 5.01. The molecule has 1 spiro atoms. The number of sulfonamides is 1. The van der Waals surface area contributed by atoms with Crippen LogP contribution in [0.4, 0.5) is 5.69 Å². The van der Waals surface area contributed by atoms with E-state index in [-0.39, 0.29) is 24.2 Å². The molecule has 1 fully saturated rings. The van der Waals surface area contributed by atoms with Crippen molar-refractivity contribution in [2.75, 3.05) is 24.2 Å². The number of anilines is 1. The molecule has 1 N–H and O–H groups in total. The summed E-state index contributed by atoms with van der Waals surface area (Å²) >= 11 is 0. The minimum Gasteiger partial charge on any atom is -0.487 e. The summed E-state index contributed by atoms with van der Waals surface area (Å²) in [5, 5.41) is 3.13. The van der Waals surface area contributed by atoms with Gasteiger partial charge in [0.2, 0.25) is 10.0 Å². The maximum atomic E-state index is 12.7. The molecule has 1 amide bonds. The quantitative estimate of drug-likeness (QED) is 0.712. The summed E-state index contributed by atoms with van der Waals surface area (Å²) in [5.41, 5.74) is 1.33. The minimum absolute atomic E-state index is 0.111. The monoisotopic (exact) mass is 458 g/mol. The lowest BCUT2D eigenvalue weighted by Crippen LogP contribution is -2.47. The van der Waals surface area contributed by atoms with Crippen LogP contribution in [0.15, 0.2) is 48.5 Å². The molecular weight excluding hydrogens is 428 g/mol. The van der Waals surface area contributed by atoms with Crippen LogP contribution < -0.4 is 19.1 Å². The van der Waals surface area contributed by atoms with Gasteiger partial charge in [-0.25, -0.2) is 8.42 Å². The summed E-state index contributed by atoms with van der Waals surface area (Å²) in [6, 6.07) is 14.4. The zero-order chi connectivity index (χ0) is 22.8. The zero-order valence-electron chi connectivity index (χ0n) is 18.5. The second-order valence-corrected chi connectivity index (χ2v) is 10.7. The van der Waals surface area contributed by atoms with Gasteiger partial charge in [0.05, 0.1) is 18.0 Å². The molecule has 4 rings (SSSR count). The molecule has 0 unspecified atom stereocenters. The van der Waals surface area contributed by atoms with Crippen molar-refractivity contribution in [3.8, 4) is 11.5 Å². The Morgan fingerprint density at radius 3 is 2.50 bits per heavy atom. The average molecular weight is 459 g/mol. The first-order valence-electron chi connectivity index (χ1n) is 11.0. The summed E-state index contributed by atoms with van der Waals surface area (Å²) in [4.78, 5) is 12.7. The normalized spacial score (nSPS) is 19.5. The van der Waals surface area contributed by atoms with Crippen LogP contribution >= 0.6 is 0 Å². The molecule has 2 aromatic rings. The highest BCUT2D eigenvalue weighted by atomic mass is 32.2. The number of fused-ring (bicyclic) bond motifs is 1. The predicted octanol–water partition coefficient (Wildman–Crippen LogP) is 3.80. The van der Waals surface area contributed by atoms with E-state index in [1.165, 1.54) is 17.8 Å². The van der Waals surface area contributed by atoms with Gasteiger partial charge in [-0.1, -0.05) is 24.6 Å². The minimum atomic E-state index is -3.33. The van der Waals surface area contributed by atoms with Crippen LogP contribution in [0.5, 0.6) is 11.5 Å². The Balaban J connectivity index is 1.39. The molecule has 0 aromatic heterocycles. The summed E-state index contributed by atoms with van der Waals surface area (Å²) < 4.78 is 36.6. The third-order valence-electron chi connectivity index (χ3n) is 6.36. The molecule has 7 nitrogen and oxygen atoms in total. The lowest BCUT2D eigenvalue weighted by atomic mass is 9.77. The second kappa shape index (κ2) is 9.02. The molecule has 0 bridgehead atoms. The van der Waals surface area contributed by atoms with Gasteiger partial charge in [-0.05, 0) is 56.0 Å². The number of nitrogens with one attached hydrogen (secondary N) is 1. The number of carbonyl (C=O) groups is 1. The van der Waals surface area contributed by atoms with Gasteiger partial charge >= 0.3 is 0 Å². The van der Waals surface area contributed by atoms with Crippen molar-refractivity contribution in [3.63, 3.8) is 0 Å². The van der Waals surface area contributed by atoms with E-state index in [0.29, 0.717) is 11.4 Å². The molecule has 0 radical (unpaired) electrons. The number of ether oxygens (including phenoxy) is 2. The highest BCUT2D eigenvalue weighted by Crippen LogP contribution is 2.46. The molecule has 1 saturated carbocycles. The Hall–Kier alpha value is -2.74. The van der Waals surface area contributed by atoms with Crippen LogP contribution in [0.2, 0.25) is 0 Å². The Bertz CT molecular complexity index is 1060. The Morgan fingerprint density at radius 2 is 1.81 bits per heavy atom. The first-order valence-corrected chi connectivity index (χ1v) is 12.8. The van der Waals surface area contributed by atoms with Crippen LogP contribution in [0.1, 0.15) is 50.1 Å². The highest BCUT2D eigenvalue weighted by Gasteiger charge is 2.42. The van der Waals surface area contributed by atoms with E-state index in [1.807, 2.05) is 24.3 Å². The molecule has 172 valence electrons. The Labute approximate surface area is 189 Å². The highest BCUT2D eigenvalue weighted by molar-refractivity contribution is 7.92. The molecule has 8 heteroatoms. The SMILES string of the molecule is CN(c1ccc(OCC(=O)N[C@@H]2CC3(CCCCC3)Oc3ccccc32)cc1)S(C)(=O)=O. The topological polar surface area (TPSA) is 84.9 Å². The maximum absolute atomic E-state index is 12.7. The third-order valence-corrected chi connectivity index (χ3v) is 7.57. The van der Waals surface area contributed by atoms with E-state index < -0.39 is 10.0 Å². The van der Waals surface area contributed by atoms with Gasteiger partial charge in [0.1, 0.15) is 17.1 Å². The maximum Gasteiger partial charge on any atom is 0.258 e. The first-order chi connectivity index (χ1) is 15.3. The van der Waals surface area contributed by atoms with Gasteiger partial charge in [0.15, 0.2) is 6.61 Å². The summed E-state index contributed by atoms with van der Waals surface area (Å²) in [5.74, 6) is 1.16. The van der Waals surface area contributed by atoms with Crippen molar-refractivity contribution in [1.82, 2.24) is 5.32 Å². The van der Waals surface area contributed by atoms with Gasteiger partial charge in [-0.15, -0.1) is 0 Å². The molecule has 2 aromatic carbocycles. The van der Waals surface area contributed by atoms with E-state index in [4.69, 9.17) is 9.47 Å². The number of para-hydroxylation sites is 1. The lowest BCUT2D eigenvalue weighted by molar-refractivity contribution is -0.124. The number of hydrogen-bond donors (Lipinski definition) is 1. The zero-order valence-corrected chi connectivity index (χ0v) is 19.4. The molecule has 1 aliphatic heterocycles. The van der Waals surface area contributed by atoms with Gasteiger partial charge in [0, 0.05) is 19.0 Å². The van der Waals surface area contributed by atoms with Gasteiger partial charge in [-0.2, -0.15) is 0 Å². The predicted molar refractivity (Wildman–Crippen MR) is 124 cm³/mol. The number of carbonyl (C=O) groups excluding carboxylic acids is 1. The smallest absolute Gasteiger partial charge is 0.258 e. The second-order valence-electron chi connectivity index (χ2n) is 8.72. The van der Waals surface area contributed by atoms with Crippen LogP contribution in [0.3, 0.4) is 0 Å². The van der Waals surface area contributed by atoms with E-state index >= 15 is 0 Å². The van der Waals surface area contributed by atoms with Gasteiger partial charge < -0.3 is 14.8 Å². The molecule has 1 heterocycles.